The fraction of sp³-hybridized carbons (Fsp3) is 0.364. The van der Waals surface area contributed by atoms with Gasteiger partial charge in [-0.2, -0.15) is 0 Å². The van der Waals surface area contributed by atoms with Crippen molar-refractivity contribution in [2.45, 2.75) is 77.5 Å². The van der Waals surface area contributed by atoms with Crippen molar-refractivity contribution < 1.29 is 28.7 Å². The number of carbonyl (C=O) groups is 4. The summed E-state index contributed by atoms with van der Waals surface area (Å²) >= 11 is 25.2. The molecule has 0 aliphatic carbocycles. The van der Waals surface area contributed by atoms with Crippen molar-refractivity contribution in [2.24, 2.45) is 11.8 Å². The van der Waals surface area contributed by atoms with Gasteiger partial charge < -0.3 is 20.1 Å². The SMILES string of the molecule is CCCCOC(=O)[C@H]1[C@@H](c2ccc(C)cc2)N2[C@H](C(=O)OCCCC)[C@@H](C(=O)Nc3ccc(Cl)c(Cl)c3)[C@@H](c3ccc(C)cc3)N2[C@H]1C(=O)Nc1ccc(Cl)c(Cl)c1. The van der Waals surface area contributed by atoms with Crippen LogP contribution < -0.4 is 10.6 Å². The molecule has 6 atom stereocenters. The second kappa shape index (κ2) is 19.3. The average Bonchev–Trinajstić information content (AvgIpc) is 3.72. The van der Waals surface area contributed by atoms with E-state index in [1.807, 2.05) is 76.2 Å². The molecule has 4 aromatic rings. The minimum atomic E-state index is -1.31. The van der Waals surface area contributed by atoms with E-state index >= 15 is 4.79 Å². The number of esters is 2. The standard InChI is InChI=1S/C44H46Cl4N4O6/c1-5-7-21-57-43(55)36-38(28-15-11-26(4)12-16-28)52-40(44(56)58-22-8-6-2)35(41(53)49-29-17-19-31(45)33(47)23-29)37(27-13-9-25(3)10-14-27)51(52)39(36)42(54)50-30-18-20-32(46)34(48)24-30/h9-20,23-24,35-40H,5-8,21-22H2,1-4H3,(H,49,53)(H,50,54)/t35-,36-,37+,38+,39+,40-/m0/s1. The normalized spacial score (nSPS) is 21.7. The van der Waals surface area contributed by atoms with Crippen molar-refractivity contribution in [3.63, 3.8) is 0 Å². The minimum absolute atomic E-state index is 0.106. The number of rotatable bonds is 14. The Bertz CT molecular complexity index is 2140. The summed E-state index contributed by atoms with van der Waals surface area (Å²) < 4.78 is 11.9. The maximum absolute atomic E-state index is 15.1. The Morgan fingerprint density at radius 2 is 0.983 bits per heavy atom. The van der Waals surface area contributed by atoms with Crippen LogP contribution in [0, 0.1) is 25.7 Å². The van der Waals surface area contributed by atoms with Crippen molar-refractivity contribution in [3.05, 3.63) is 127 Å². The monoisotopic (exact) mass is 866 g/mol. The summed E-state index contributed by atoms with van der Waals surface area (Å²) in [5, 5.41) is 10.4. The van der Waals surface area contributed by atoms with Gasteiger partial charge in [0.05, 0.1) is 51.3 Å². The number of aryl methyl sites for hydroxylation is 2. The summed E-state index contributed by atoms with van der Waals surface area (Å²) in [6.45, 7) is 8.08. The number of amides is 2. The number of nitrogens with one attached hydrogen (secondary N) is 2. The Labute approximate surface area is 359 Å². The number of unbranched alkanes of at least 4 members (excludes halogenated alkanes) is 2. The lowest BCUT2D eigenvalue weighted by Gasteiger charge is -2.33. The Morgan fingerprint density at radius 3 is 1.45 bits per heavy atom. The van der Waals surface area contributed by atoms with Gasteiger partial charge in [0.15, 0.2) is 0 Å². The van der Waals surface area contributed by atoms with Gasteiger partial charge in [-0.1, -0.05) is 133 Å². The van der Waals surface area contributed by atoms with Gasteiger partial charge in [-0.05, 0) is 74.2 Å². The lowest BCUT2D eigenvalue weighted by atomic mass is 9.81. The third-order valence-corrected chi connectivity index (χ3v) is 12.0. The van der Waals surface area contributed by atoms with Crippen LogP contribution in [0.2, 0.25) is 20.1 Å². The highest BCUT2D eigenvalue weighted by Crippen LogP contribution is 2.56. The van der Waals surface area contributed by atoms with E-state index in [1.165, 1.54) is 12.1 Å². The molecule has 2 saturated heterocycles. The molecule has 4 aromatic carbocycles. The van der Waals surface area contributed by atoms with Crippen LogP contribution in [0.4, 0.5) is 11.4 Å². The molecule has 0 spiro atoms. The first kappa shape index (κ1) is 43.4. The molecule has 2 N–H and O–H groups in total. The van der Waals surface area contributed by atoms with Gasteiger partial charge in [0.25, 0.3) is 0 Å². The number of hydrogen-bond acceptors (Lipinski definition) is 8. The number of nitrogens with zero attached hydrogens (tertiary/aromatic N) is 2. The van der Waals surface area contributed by atoms with E-state index in [9.17, 15) is 14.4 Å². The van der Waals surface area contributed by atoms with Crippen LogP contribution in [0.3, 0.4) is 0 Å². The van der Waals surface area contributed by atoms with Crippen LogP contribution in [0.1, 0.15) is 73.9 Å². The number of halogens is 4. The number of hydrazine groups is 1. The summed E-state index contributed by atoms with van der Waals surface area (Å²) in [7, 11) is 0. The Balaban J connectivity index is 1.60. The zero-order valence-electron chi connectivity index (χ0n) is 32.6. The molecule has 2 aliphatic rings. The van der Waals surface area contributed by atoms with E-state index in [0.29, 0.717) is 45.4 Å². The first-order valence-corrected chi connectivity index (χ1v) is 20.9. The number of ether oxygens (including phenoxy) is 2. The van der Waals surface area contributed by atoms with Crippen LogP contribution in [-0.2, 0) is 28.7 Å². The minimum Gasteiger partial charge on any atom is -0.465 e. The number of anilines is 2. The quantitative estimate of drug-likeness (QED) is 0.0951. The fourth-order valence-electron chi connectivity index (χ4n) is 7.66. The molecule has 2 aliphatic heterocycles. The van der Waals surface area contributed by atoms with E-state index in [2.05, 4.69) is 10.6 Å². The molecule has 0 unspecified atom stereocenters. The van der Waals surface area contributed by atoms with E-state index in [0.717, 1.165) is 24.0 Å². The molecule has 0 bridgehead atoms. The fourth-order valence-corrected chi connectivity index (χ4v) is 8.26. The van der Waals surface area contributed by atoms with Crippen molar-refractivity contribution >= 4 is 81.5 Å². The molecule has 0 radical (unpaired) electrons. The predicted octanol–water partition coefficient (Wildman–Crippen LogP) is 10.2. The molecular formula is C44H46Cl4N4O6. The highest BCUT2D eigenvalue weighted by Gasteiger charge is 2.68. The molecule has 2 fully saturated rings. The van der Waals surface area contributed by atoms with Crippen molar-refractivity contribution in [2.75, 3.05) is 23.8 Å². The highest BCUT2D eigenvalue weighted by molar-refractivity contribution is 6.42. The van der Waals surface area contributed by atoms with Gasteiger partial charge in [0.1, 0.15) is 18.0 Å². The first-order valence-electron chi connectivity index (χ1n) is 19.4. The number of fused-ring (bicyclic) bond motifs is 1. The summed E-state index contributed by atoms with van der Waals surface area (Å²) in [6.07, 6.45) is 2.73. The number of hydrogen-bond donors (Lipinski definition) is 2. The van der Waals surface area contributed by atoms with Gasteiger partial charge in [0, 0.05) is 11.4 Å². The Morgan fingerprint density at radius 1 is 0.552 bits per heavy atom. The van der Waals surface area contributed by atoms with Crippen LogP contribution in [0.15, 0.2) is 84.9 Å². The molecule has 0 aromatic heterocycles. The summed E-state index contributed by atoms with van der Waals surface area (Å²) in [4.78, 5) is 59.5. The van der Waals surface area contributed by atoms with Gasteiger partial charge in [-0.15, -0.1) is 0 Å². The second-order valence-corrected chi connectivity index (χ2v) is 16.3. The molecule has 2 amide bonds. The van der Waals surface area contributed by atoms with E-state index in [4.69, 9.17) is 55.9 Å². The molecule has 58 heavy (non-hydrogen) atoms. The van der Waals surface area contributed by atoms with Crippen molar-refractivity contribution in [3.8, 4) is 0 Å². The third kappa shape index (κ3) is 9.33. The van der Waals surface area contributed by atoms with Crippen LogP contribution >= 0.6 is 46.4 Å². The number of carbonyl (C=O) groups excluding carboxylic acids is 4. The third-order valence-electron chi connectivity index (χ3n) is 10.5. The molecule has 2 heterocycles. The molecule has 0 saturated carbocycles. The van der Waals surface area contributed by atoms with Crippen LogP contribution in [-0.4, -0.2) is 59.1 Å². The number of benzene rings is 4. The van der Waals surface area contributed by atoms with Crippen LogP contribution in [0.5, 0.6) is 0 Å². The maximum atomic E-state index is 15.1. The van der Waals surface area contributed by atoms with Gasteiger partial charge in [-0.25, -0.2) is 10.0 Å². The van der Waals surface area contributed by atoms with E-state index < -0.39 is 59.8 Å². The average molecular weight is 869 g/mol. The second-order valence-electron chi connectivity index (χ2n) is 14.7. The smallest absolute Gasteiger partial charge is 0.325 e. The van der Waals surface area contributed by atoms with Crippen molar-refractivity contribution in [1.29, 1.82) is 0 Å². The molecule has 10 nitrogen and oxygen atoms in total. The summed E-state index contributed by atoms with van der Waals surface area (Å²) in [5.74, 6) is -4.79. The van der Waals surface area contributed by atoms with Gasteiger partial charge in [-0.3, -0.25) is 19.2 Å². The maximum Gasteiger partial charge on any atom is 0.325 e. The lowest BCUT2D eigenvalue weighted by molar-refractivity contribution is -0.158. The van der Waals surface area contributed by atoms with Crippen LogP contribution in [0.25, 0.3) is 0 Å². The highest BCUT2D eigenvalue weighted by atomic mass is 35.5. The lowest BCUT2D eigenvalue weighted by Crippen LogP contribution is -2.48. The largest absolute Gasteiger partial charge is 0.465 e. The topological polar surface area (TPSA) is 117 Å². The Kier molecular flexibility index (Phi) is 14.4. The zero-order chi connectivity index (χ0) is 41.7. The molecule has 306 valence electrons. The Hall–Kier alpha value is -4.16. The zero-order valence-corrected chi connectivity index (χ0v) is 35.7. The van der Waals surface area contributed by atoms with E-state index in [-0.39, 0.29) is 23.3 Å². The predicted molar refractivity (Wildman–Crippen MR) is 228 cm³/mol. The summed E-state index contributed by atoms with van der Waals surface area (Å²) in [5.41, 5.74) is 3.86. The van der Waals surface area contributed by atoms with E-state index in [1.54, 1.807) is 34.3 Å². The van der Waals surface area contributed by atoms with Gasteiger partial charge >= 0.3 is 11.9 Å². The molecule has 6 rings (SSSR count). The molecule has 14 heteroatoms. The van der Waals surface area contributed by atoms with Gasteiger partial charge in [0.2, 0.25) is 11.8 Å². The molecular weight excluding hydrogens is 822 g/mol. The summed E-state index contributed by atoms with van der Waals surface area (Å²) in [6, 6.07) is 19.9. The van der Waals surface area contributed by atoms with Crippen molar-refractivity contribution in [1.82, 2.24) is 10.0 Å². The first-order chi connectivity index (χ1) is 27.8.